The van der Waals surface area contributed by atoms with E-state index in [9.17, 15) is 4.79 Å². The highest BCUT2D eigenvalue weighted by molar-refractivity contribution is 7.99. The van der Waals surface area contributed by atoms with E-state index in [1.807, 2.05) is 57.5 Å². The molecule has 3 aromatic rings. The highest BCUT2D eigenvalue weighted by Crippen LogP contribution is 2.25. The molecule has 158 valence electrons. The minimum atomic E-state index is -0.0635. The predicted molar refractivity (Wildman–Crippen MR) is 121 cm³/mol. The zero-order valence-corrected chi connectivity index (χ0v) is 19.2. The van der Waals surface area contributed by atoms with Crippen LogP contribution in [-0.4, -0.2) is 26.4 Å². The van der Waals surface area contributed by atoms with Crippen LogP contribution in [0.4, 0.5) is 5.69 Å². The molecule has 0 fully saturated rings. The summed E-state index contributed by atoms with van der Waals surface area (Å²) < 4.78 is 7.85. The normalized spacial score (nSPS) is 10.9. The van der Waals surface area contributed by atoms with Gasteiger partial charge in [-0.15, -0.1) is 10.2 Å². The molecule has 7 heteroatoms. The number of thioether (sulfide) groups is 1. The fourth-order valence-electron chi connectivity index (χ4n) is 3.44. The molecule has 0 radical (unpaired) electrons. The molecular formula is C23H28N4O2S. The van der Waals surface area contributed by atoms with Crippen molar-refractivity contribution in [2.45, 2.75) is 46.4 Å². The van der Waals surface area contributed by atoms with Gasteiger partial charge in [0.25, 0.3) is 0 Å². The quantitative estimate of drug-likeness (QED) is 0.558. The molecule has 0 aliphatic carbocycles. The molecule has 2 aromatic carbocycles. The SMILES string of the molecule is Cc1cc(C)c(NC(=O)CSc2nnc(COc3c(C)cccc3C)n2C)c(C)c1. The Morgan fingerprint density at radius 1 is 1.03 bits per heavy atom. The van der Waals surface area contributed by atoms with Gasteiger partial charge in [-0.2, -0.15) is 0 Å². The first kappa shape index (κ1) is 21.9. The Morgan fingerprint density at radius 2 is 1.67 bits per heavy atom. The number of nitrogens with zero attached hydrogens (tertiary/aromatic N) is 3. The molecule has 1 N–H and O–H groups in total. The Kier molecular flexibility index (Phi) is 6.82. The van der Waals surface area contributed by atoms with Crippen molar-refractivity contribution < 1.29 is 9.53 Å². The molecule has 0 spiro atoms. The van der Waals surface area contributed by atoms with Crippen molar-refractivity contribution in [3.63, 3.8) is 0 Å². The molecule has 1 amide bonds. The van der Waals surface area contributed by atoms with Gasteiger partial charge in [-0.3, -0.25) is 4.79 Å². The van der Waals surface area contributed by atoms with E-state index >= 15 is 0 Å². The van der Waals surface area contributed by atoms with Gasteiger partial charge in [-0.05, 0) is 56.9 Å². The largest absolute Gasteiger partial charge is 0.485 e. The van der Waals surface area contributed by atoms with Crippen LogP contribution in [0.3, 0.4) is 0 Å². The van der Waals surface area contributed by atoms with Crippen molar-refractivity contribution in [3.05, 3.63) is 64.0 Å². The van der Waals surface area contributed by atoms with E-state index in [-0.39, 0.29) is 11.7 Å². The molecule has 0 saturated carbocycles. The lowest BCUT2D eigenvalue weighted by atomic mass is 10.1. The van der Waals surface area contributed by atoms with Crippen molar-refractivity contribution in [3.8, 4) is 5.75 Å². The summed E-state index contributed by atoms with van der Waals surface area (Å²) in [5.41, 5.74) is 6.38. The Morgan fingerprint density at radius 3 is 2.30 bits per heavy atom. The van der Waals surface area contributed by atoms with E-state index in [0.29, 0.717) is 17.6 Å². The Bertz CT molecular complexity index is 1030. The maximum atomic E-state index is 12.5. The second-order valence-electron chi connectivity index (χ2n) is 7.58. The van der Waals surface area contributed by atoms with Crippen molar-refractivity contribution in [1.82, 2.24) is 14.8 Å². The number of aryl methyl sites for hydroxylation is 5. The molecule has 0 unspecified atom stereocenters. The number of aromatic nitrogens is 3. The highest BCUT2D eigenvalue weighted by Gasteiger charge is 2.14. The fourth-order valence-corrected chi connectivity index (χ4v) is 4.17. The first-order chi connectivity index (χ1) is 14.3. The third-order valence-electron chi connectivity index (χ3n) is 4.95. The minimum Gasteiger partial charge on any atom is -0.485 e. The molecule has 0 saturated heterocycles. The van der Waals surface area contributed by atoms with Gasteiger partial charge in [-0.1, -0.05) is 47.7 Å². The van der Waals surface area contributed by atoms with Crippen LogP contribution in [0.15, 0.2) is 35.5 Å². The Hall–Kier alpha value is -2.80. The molecule has 0 aliphatic rings. The fraction of sp³-hybridized carbons (Fsp3) is 0.348. The average Bonchev–Trinajstić information content (AvgIpc) is 3.02. The van der Waals surface area contributed by atoms with Crippen molar-refractivity contribution >= 4 is 23.4 Å². The molecular weight excluding hydrogens is 396 g/mol. The number of carbonyl (C=O) groups excluding carboxylic acids is 1. The van der Waals surface area contributed by atoms with Crippen LogP contribution in [0.5, 0.6) is 5.75 Å². The number of benzene rings is 2. The van der Waals surface area contributed by atoms with E-state index in [1.54, 1.807) is 0 Å². The number of para-hydroxylation sites is 1. The third-order valence-corrected chi connectivity index (χ3v) is 5.97. The van der Waals surface area contributed by atoms with Crippen LogP contribution in [-0.2, 0) is 18.4 Å². The number of carbonyl (C=O) groups is 1. The summed E-state index contributed by atoms with van der Waals surface area (Å²) in [6.45, 7) is 10.4. The number of hydrogen-bond donors (Lipinski definition) is 1. The van der Waals surface area contributed by atoms with Crippen LogP contribution < -0.4 is 10.1 Å². The van der Waals surface area contributed by atoms with Gasteiger partial charge in [0.1, 0.15) is 12.4 Å². The van der Waals surface area contributed by atoms with Gasteiger partial charge >= 0.3 is 0 Å². The van der Waals surface area contributed by atoms with E-state index in [2.05, 4.69) is 34.6 Å². The molecule has 3 rings (SSSR count). The summed E-state index contributed by atoms with van der Waals surface area (Å²) in [5.74, 6) is 1.78. The average molecular weight is 425 g/mol. The summed E-state index contributed by atoms with van der Waals surface area (Å²) in [6.07, 6.45) is 0. The number of anilines is 1. The lowest BCUT2D eigenvalue weighted by Gasteiger charge is -2.13. The second-order valence-corrected chi connectivity index (χ2v) is 8.52. The van der Waals surface area contributed by atoms with Crippen LogP contribution in [0.2, 0.25) is 0 Å². The Labute approximate surface area is 182 Å². The van der Waals surface area contributed by atoms with Crippen LogP contribution in [0.1, 0.15) is 33.6 Å². The summed E-state index contributed by atoms with van der Waals surface area (Å²) >= 11 is 1.36. The monoisotopic (exact) mass is 424 g/mol. The molecule has 1 aromatic heterocycles. The van der Waals surface area contributed by atoms with Crippen molar-refractivity contribution in [2.75, 3.05) is 11.1 Å². The minimum absolute atomic E-state index is 0.0635. The van der Waals surface area contributed by atoms with Gasteiger partial charge in [0.05, 0.1) is 5.75 Å². The summed E-state index contributed by atoms with van der Waals surface area (Å²) in [5, 5.41) is 12.1. The van der Waals surface area contributed by atoms with E-state index in [4.69, 9.17) is 4.74 Å². The third kappa shape index (κ3) is 5.02. The molecule has 0 bridgehead atoms. The predicted octanol–water partition coefficient (Wildman–Crippen LogP) is 4.67. The van der Waals surface area contributed by atoms with Gasteiger partial charge < -0.3 is 14.6 Å². The second kappa shape index (κ2) is 9.34. The van der Waals surface area contributed by atoms with E-state index in [1.165, 1.54) is 17.3 Å². The number of amides is 1. The molecule has 0 atom stereocenters. The number of ether oxygens (including phenoxy) is 1. The smallest absolute Gasteiger partial charge is 0.234 e. The van der Waals surface area contributed by atoms with Gasteiger partial charge in [0, 0.05) is 12.7 Å². The number of hydrogen-bond acceptors (Lipinski definition) is 5. The standard InChI is InChI=1S/C23H28N4O2S/c1-14-10-17(4)21(18(5)11-14)24-20(28)13-30-23-26-25-19(27(23)6)12-29-22-15(2)8-7-9-16(22)3/h7-11H,12-13H2,1-6H3,(H,24,28). The van der Waals surface area contributed by atoms with Crippen LogP contribution in [0.25, 0.3) is 0 Å². The summed E-state index contributed by atoms with van der Waals surface area (Å²) in [6, 6.07) is 10.2. The topological polar surface area (TPSA) is 69.0 Å². The lowest BCUT2D eigenvalue weighted by Crippen LogP contribution is -2.16. The zero-order valence-electron chi connectivity index (χ0n) is 18.4. The highest BCUT2D eigenvalue weighted by atomic mass is 32.2. The first-order valence-electron chi connectivity index (χ1n) is 9.84. The van der Waals surface area contributed by atoms with Crippen LogP contribution >= 0.6 is 11.8 Å². The van der Waals surface area contributed by atoms with Crippen molar-refractivity contribution in [1.29, 1.82) is 0 Å². The number of rotatable bonds is 7. The van der Waals surface area contributed by atoms with E-state index < -0.39 is 0 Å². The lowest BCUT2D eigenvalue weighted by molar-refractivity contribution is -0.113. The number of nitrogens with one attached hydrogen (secondary N) is 1. The molecule has 0 aliphatic heterocycles. The van der Waals surface area contributed by atoms with Crippen molar-refractivity contribution in [2.24, 2.45) is 7.05 Å². The summed E-state index contributed by atoms with van der Waals surface area (Å²) in [7, 11) is 1.89. The van der Waals surface area contributed by atoms with Crippen LogP contribution in [0, 0.1) is 34.6 Å². The summed E-state index contributed by atoms with van der Waals surface area (Å²) in [4.78, 5) is 12.5. The Balaban J connectivity index is 1.59. The first-order valence-corrected chi connectivity index (χ1v) is 10.8. The molecule has 30 heavy (non-hydrogen) atoms. The van der Waals surface area contributed by atoms with Gasteiger partial charge in [0.2, 0.25) is 5.91 Å². The molecule has 6 nitrogen and oxygen atoms in total. The maximum Gasteiger partial charge on any atom is 0.234 e. The van der Waals surface area contributed by atoms with Gasteiger partial charge in [-0.25, -0.2) is 0 Å². The van der Waals surface area contributed by atoms with E-state index in [0.717, 1.165) is 33.7 Å². The zero-order chi connectivity index (χ0) is 21.8. The maximum absolute atomic E-state index is 12.5. The molecule has 1 heterocycles. The van der Waals surface area contributed by atoms with Gasteiger partial charge in [0.15, 0.2) is 11.0 Å².